The van der Waals surface area contributed by atoms with Gasteiger partial charge in [-0.05, 0) is 43.2 Å². The third kappa shape index (κ3) is 6.22. The minimum atomic E-state index is -0.567. The first-order chi connectivity index (χ1) is 14.2. The molecule has 1 aliphatic heterocycles. The van der Waals surface area contributed by atoms with Crippen molar-refractivity contribution >= 4 is 11.9 Å². The maximum Gasteiger partial charge on any atom is 0.338 e. The predicted octanol–water partition coefficient (Wildman–Crippen LogP) is 2.73. The molecule has 1 unspecified atom stereocenters. The molecule has 2 aromatic carbocycles. The van der Waals surface area contributed by atoms with E-state index in [9.17, 15) is 9.59 Å². The van der Waals surface area contributed by atoms with Crippen LogP contribution < -0.4 is 14.8 Å². The van der Waals surface area contributed by atoms with Crippen molar-refractivity contribution < 1.29 is 28.5 Å². The lowest BCUT2D eigenvalue weighted by atomic mass is 10.2. The van der Waals surface area contributed by atoms with Crippen molar-refractivity contribution in [2.75, 3.05) is 26.9 Å². The second kappa shape index (κ2) is 10.5. The standard InChI is InChI=1S/C22H25NO6/c1-26-20-7-3-2-5-17(20)13-23-21(24)15-29-22(25)16-8-10-18(11-9-16)28-14-19-6-4-12-27-19/h2-3,5,7-11,19H,4,6,12-15H2,1H3,(H,23,24). The fourth-order valence-corrected chi connectivity index (χ4v) is 2.96. The lowest BCUT2D eigenvalue weighted by molar-refractivity contribution is -0.124. The Morgan fingerprint density at radius 1 is 1.14 bits per heavy atom. The first-order valence-corrected chi connectivity index (χ1v) is 9.56. The van der Waals surface area contributed by atoms with E-state index in [1.54, 1.807) is 31.4 Å². The van der Waals surface area contributed by atoms with Gasteiger partial charge >= 0.3 is 5.97 Å². The zero-order valence-corrected chi connectivity index (χ0v) is 16.4. The second-order valence-electron chi connectivity index (χ2n) is 6.64. The van der Waals surface area contributed by atoms with Gasteiger partial charge in [0, 0.05) is 18.7 Å². The number of hydrogen-bond donors (Lipinski definition) is 1. The van der Waals surface area contributed by atoms with Crippen molar-refractivity contribution in [3.8, 4) is 11.5 Å². The fraction of sp³-hybridized carbons (Fsp3) is 0.364. The Hall–Kier alpha value is -3.06. The number of nitrogens with one attached hydrogen (secondary N) is 1. The van der Waals surface area contributed by atoms with E-state index >= 15 is 0 Å². The first-order valence-electron chi connectivity index (χ1n) is 9.56. The van der Waals surface area contributed by atoms with E-state index in [0.29, 0.717) is 23.7 Å². The van der Waals surface area contributed by atoms with Gasteiger partial charge in [0.15, 0.2) is 6.61 Å². The van der Waals surface area contributed by atoms with E-state index in [0.717, 1.165) is 25.0 Å². The molecule has 7 nitrogen and oxygen atoms in total. The molecule has 154 valence electrons. The number of para-hydroxylation sites is 1. The van der Waals surface area contributed by atoms with Crippen LogP contribution in [0.4, 0.5) is 0 Å². The molecule has 0 aliphatic carbocycles. The molecular weight excluding hydrogens is 374 g/mol. The van der Waals surface area contributed by atoms with Crippen molar-refractivity contribution in [3.63, 3.8) is 0 Å². The summed E-state index contributed by atoms with van der Waals surface area (Å²) in [6, 6.07) is 14.0. The highest BCUT2D eigenvalue weighted by molar-refractivity contribution is 5.91. The summed E-state index contributed by atoms with van der Waals surface area (Å²) in [7, 11) is 1.57. The van der Waals surface area contributed by atoms with E-state index in [-0.39, 0.29) is 25.2 Å². The molecule has 3 rings (SSSR count). The Labute approximate surface area is 169 Å². The van der Waals surface area contributed by atoms with Gasteiger partial charge in [-0.15, -0.1) is 0 Å². The Morgan fingerprint density at radius 3 is 2.66 bits per heavy atom. The van der Waals surface area contributed by atoms with Crippen molar-refractivity contribution in [1.29, 1.82) is 0 Å². The molecule has 0 saturated carbocycles. The molecule has 0 bridgehead atoms. The minimum Gasteiger partial charge on any atom is -0.496 e. The number of hydrogen-bond acceptors (Lipinski definition) is 6. The molecule has 29 heavy (non-hydrogen) atoms. The van der Waals surface area contributed by atoms with E-state index in [4.69, 9.17) is 18.9 Å². The first kappa shape index (κ1) is 20.7. The van der Waals surface area contributed by atoms with Crippen LogP contribution in [0.25, 0.3) is 0 Å². The third-order valence-electron chi connectivity index (χ3n) is 4.55. The van der Waals surface area contributed by atoms with Gasteiger partial charge in [0.25, 0.3) is 5.91 Å². The normalized spacial score (nSPS) is 15.6. The summed E-state index contributed by atoms with van der Waals surface area (Å²) in [5, 5.41) is 2.71. The third-order valence-corrected chi connectivity index (χ3v) is 4.55. The van der Waals surface area contributed by atoms with Crippen LogP contribution in [0.15, 0.2) is 48.5 Å². The summed E-state index contributed by atoms with van der Waals surface area (Å²) in [5.74, 6) is 0.391. The van der Waals surface area contributed by atoms with Crippen LogP contribution in [0.3, 0.4) is 0 Å². The fourth-order valence-electron chi connectivity index (χ4n) is 2.96. The maximum atomic E-state index is 12.1. The minimum absolute atomic E-state index is 0.133. The van der Waals surface area contributed by atoms with Gasteiger partial charge in [0.1, 0.15) is 18.1 Å². The Kier molecular flexibility index (Phi) is 7.47. The van der Waals surface area contributed by atoms with Crippen LogP contribution >= 0.6 is 0 Å². The SMILES string of the molecule is COc1ccccc1CNC(=O)COC(=O)c1ccc(OCC2CCCO2)cc1. The molecule has 1 saturated heterocycles. The lowest BCUT2D eigenvalue weighted by Gasteiger charge is -2.12. The maximum absolute atomic E-state index is 12.1. The number of amides is 1. The highest BCUT2D eigenvalue weighted by Crippen LogP contribution is 2.18. The summed E-state index contributed by atoms with van der Waals surface area (Å²) in [4.78, 5) is 24.1. The molecule has 1 atom stereocenters. The van der Waals surface area contributed by atoms with Crippen LogP contribution in [0.5, 0.6) is 11.5 Å². The van der Waals surface area contributed by atoms with Crippen molar-refractivity contribution in [2.24, 2.45) is 0 Å². The summed E-state index contributed by atoms with van der Waals surface area (Å²) in [5.41, 5.74) is 1.19. The van der Waals surface area contributed by atoms with Gasteiger partial charge in [-0.2, -0.15) is 0 Å². The summed E-state index contributed by atoms with van der Waals surface area (Å²) >= 11 is 0. The van der Waals surface area contributed by atoms with Crippen LogP contribution in [0.2, 0.25) is 0 Å². The van der Waals surface area contributed by atoms with Crippen LogP contribution in [-0.4, -0.2) is 44.9 Å². The average Bonchev–Trinajstić information content (AvgIpc) is 3.29. The lowest BCUT2D eigenvalue weighted by Crippen LogP contribution is -2.28. The number of esters is 1. The molecule has 1 fully saturated rings. The quantitative estimate of drug-likeness (QED) is 0.653. The van der Waals surface area contributed by atoms with E-state index in [1.807, 2.05) is 24.3 Å². The van der Waals surface area contributed by atoms with E-state index < -0.39 is 5.97 Å². The molecule has 1 amide bonds. The Morgan fingerprint density at radius 2 is 1.93 bits per heavy atom. The van der Waals surface area contributed by atoms with Gasteiger partial charge in [-0.3, -0.25) is 4.79 Å². The van der Waals surface area contributed by atoms with Crippen LogP contribution in [0.1, 0.15) is 28.8 Å². The van der Waals surface area contributed by atoms with E-state index in [2.05, 4.69) is 5.32 Å². The molecule has 0 radical (unpaired) electrons. The van der Waals surface area contributed by atoms with Crippen molar-refractivity contribution in [1.82, 2.24) is 5.32 Å². The van der Waals surface area contributed by atoms with Crippen molar-refractivity contribution in [3.05, 3.63) is 59.7 Å². The topological polar surface area (TPSA) is 83.1 Å². The molecule has 2 aromatic rings. The highest BCUT2D eigenvalue weighted by Gasteiger charge is 2.16. The molecule has 1 aliphatic rings. The molecule has 7 heteroatoms. The largest absolute Gasteiger partial charge is 0.496 e. The van der Waals surface area contributed by atoms with Gasteiger partial charge in [0.05, 0.1) is 18.8 Å². The summed E-state index contributed by atoms with van der Waals surface area (Å²) in [6.45, 7) is 1.21. The van der Waals surface area contributed by atoms with Gasteiger partial charge in [-0.25, -0.2) is 4.79 Å². The molecule has 0 spiro atoms. The molecule has 0 aromatic heterocycles. The zero-order valence-electron chi connectivity index (χ0n) is 16.4. The van der Waals surface area contributed by atoms with Crippen LogP contribution in [0, 0.1) is 0 Å². The Balaban J connectivity index is 1.40. The van der Waals surface area contributed by atoms with Crippen molar-refractivity contribution in [2.45, 2.75) is 25.5 Å². The Bertz CT molecular complexity index is 814. The summed E-state index contributed by atoms with van der Waals surface area (Å²) < 4.78 is 21.5. The number of methoxy groups -OCH3 is 1. The second-order valence-corrected chi connectivity index (χ2v) is 6.64. The monoisotopic (exact) mass is 399 g/mol. The van der Waals surface area contributed by atoms with Crippen LogP contribution in [-0.2, 0) is 20.8 Å². The van der Waals surface area contributed by atoms with Gasteiger partial charge in [-0.1, -0.05) is 18.2 Å². The number of rotatable bonds is 9. The number of carbonyl (C=O) groups is 2. The number of carbonyl (C=O) groups excluding carboxylic acids is 2. The molecule has 1 heterocycles. The smallest absolute Gasteiger partial charge is 0.338 e. The number of ether oxygens (including phenoxy) is 4. The van der Waals surface area contributed by atoms with Gasteiger partial charge < -0.3 is 24.3 Å². The highest BCUT2D eigenvalue weighted by atomic mass is 16.5. The zero-order chi connectivity index (χ0) is 20.5. The average molecular weight is 399 g/mol. The van der Waals surface area contributed by atoms with Gasteiger partial charge in [0.2, 0.25) is 0 Å². The molecule has 1 N–H and O–H groups in total. The summed E-state index contributed by atoms with van der Waals surface area (Å²) in [6.07, 6.45) is 2.20. The number of benzene rings is 2. The van der Waals surface area contributed by atoms with E-state index in [1.165, 1.54) is 0 Å². The predicted molar refractivity (Wildman–Crippen MR) is 106 cm³/mol. The molecular formula is C22H25NO6.